The largest absolute Gasteiger partial charge is 0.466 e. The number of hydrogen-bond acceptors (Lipinski definition) is 5. The number of aromatic amines is 1. The summed E-state index contributed by atoms with van der Waals surface area (Å²) in [5, 5.41) is 10.1. The summed E-state index contributed by atoms with van der Waals surface area (Å²) in [6.07, 6.45) is 3.16. The van der Waals surface area contributed by atoms with E-state index in [0.717, 1.165) is 4.47 Å². The summed E-state index contributed by atoms with van der Waals surface area (Å²) in [7, 11) is 0. The Hall–Kier alpha value is -1.18. The van der Waals surface area contributed by atoms with Crippen LogP contribution >= 0.6 is 15.9 Å². The van der Waals surface area contributed by atoms with Crippen molar-refractivity contribution >= 4 is 15.9 Å². The molecule has 1 atom stereocenters. The lowest BCUT2D eigenvalue weighted by atomic mass is 10.2. The molecule has 0 saturated heterocycles. The zero-order valence-corrected chi connectivity index (χ0v) is 8.65. The number of furan rings is 1. The lowest BCUT2D eigenvalue weighted by Crippen LogP contribution is -2.29. The van der Waals surface area contributed by atoms with Gasteiger partial charge in [0.15, 0.2) is 0 Å². The highest BCUT2D eigenvalue weighted by Crippen LogP contribution is 2.27. The van der Waals surface area contributed by atoms with Crippen molar-refractivity contribution in [2.45, 2.75) is 6.04 Å². The molecule has 0 radical (unpaired) electrons. The van der Waals surface area contributed by atoms with Crippen LogP contribution in [0.4, 0.5) is 0 Å². The van der Waals surface area contributed by atoms with Crippen LogP contribution in [0.1, 0.15) is 17.5 Å². The van der Waals surface area contributed by atoms with E-state index in [1.54, 1.807) is 18.5 Å². The van der Waals surface area contributed by atoms with Crippen LogP contribution in [0.15, 0.2) is 27.4 Å². The van der Waals surface area contributed by atoms with Crippen LogP contribution in [0.2, 0.25) is 0 Å². The average Bonchev–Trinajstić information content (AvgIpc) is 2.80. The van der Waals surface area contributed by atoms with Gasteiger partial charge in [-0.3, -0.25) is 5.84 Å². The van der Waals surface area contributed by atoms with Crippen molar-refractivity contribution in [1.29, 1.82) is 0 Å². The van der Waals surface area contributed by atoms with E-state index in [0.29, 0.717) is 11.5 Å². The highest BCUT2D eigenvalue weighted by Gasteiger charge is 2.20. The fourth-order valence-corrected chi connectivity index (χ4v) is 1.59. The van der Waals surface area contributed by atoms with Crippen molar-refractivity contribution in [3.63, 3.8) is 0 Å². The Bertz CT molecular complexity index is 398. The van der Waals surface area contributed by atoms with Gasteiger partial charge in [0, 0.05) is 0 Å². The van der Waals surface area contributed by atoms with Crippen LogP contribution in [0.5, 0.6) is 0 Å². The second kappa shape index (κ2) is 3.91. The van der Waals surface area contributed by atoms with Crippen molar-refractivity contribution in [1.82, 2.24) is 20.8 Å². The van der Waals surface area contributed by atoms with Crippen molar-refractivity contribution in [2.75, 3.05) is 0 Å². The average molecular weight is 258 g/mol. The molecular formula is C7H8BrN5O. The topological polar surface area (TPSA) is 92.8 Å². The van der Waals surface area contributed by atoms with E-state index in [9.17, 15) is 0 Å². The third-order valence-electron chi connectivity index (χ3n) is 1.80. The molecule has 2 rings (SSSR count). The summed E-state index contributed by atoms with van der Waals surface area (Å²) in [6, 6.07) is 1.48. The molecule has 74 valence electrons. The highest BCUT2D eigenvalue weighted by molar-refractivity contribution is 9.10. The molecule has 0 amide bonds. The molecule has 0 aromatic carbocycles. The summed E-state index contributed by atoms with van der Waals surface area (Å²) in [5.74, 6) is 6.08. The van der Waals surface area contributed by atoms with Gasteiger partial charge in [-0.05, 0) is 22.0 Å². The second-order valence-corrected chi connectivity index (χ2v) is 3.48. The van der Waals surface area contributed by atoms with E-state index in [1.807, 2.05) is 0 Å². The number of H-pyrrole nitrogens is 1. The fourth-order valence-electron chi connectivity index (χ4n) is 1.16. The van der Waals surface area contributed by atoms with Gasteiger partial charge in [0.25, 0.3) is 0 Å². The molecule has 2 aromatic heterocycles. The Morgan fingerprint density at radius 2 is 2.50 bits per heavy atom. The van der Waals surface area contributed by atoms with Crippen LogP contribution < -0.4 is 11.3 Å². The molecular weight excluding hydrogens is 250 g/mol. The van der Waals surface area contributed by atoms with Crippen molar-refractivity contribution < 1.29 is 4.42 Å². The molecule has 0 saturated carbocycles. The Balaban J connectivity index is 2.36. The Morgan fingerprint density at radius 1 is 1.64 bits per heavy atom. The summed E-state index contributed by atoms with van der Waals surface area (Å²) in [4.78, 5) is 0. The molecule has 0 bridgehead atoms. The smallest absolute Gasteiger partial charge is 0.142 e. The number of aromatic nitrogens is 3. The lowest BCUT2D eigenvalue weighted by molar-refractivity contribution is 0.444. The first-order chi connectivity index (χ1) is 6.83. The third kappa shape index (κ3) is 1.57. The number of nitrogens with zero attached hydrogens (tertiary/aromatic N) is 2. The quantitative estimate of drug-likeness (QED) is 0.557. The first-order valence-corrected chi connectivity index (χ1v) is 4.67. The van der Waals surface area contributed by atoms with Crippen LogP contribution in [-0.4, -0.2) is 15.4 Å². The van der Waals surface area contributed by atoms with E-state index in [4.69, 9.17) is 10.3 Å². The predicted molar refractivity (Wildman–Crippen MR) is 52.0 cm³/mol. The zero-order chi connectivity index (χ0) is 9.97. The minimum absolute atomic E-state index is 0.307. The maximum Gasteiger partial charge on any atom is 0.142 e. The molecule has 2 aromatic rings. The van der Waals surface area contributed by atoms with Gasteiger partial charge >= 0.3 is 0 Å². The van der Waals surface area contributed by atoms with Gasteiger partial charge < -0.3 is 4.42 Å². The maximum absolute atomic E-state index is 5.41. The van der Waals surface area contributed by atoms with Gasteiger partial charge in [-0.2, -0.15) is 15.4 Å². The molecule has 1 unspecified atom stereocenters. The fraction of sp³-hybridized carbons (Fsp3) is 0.143. The van der Waals surface area contributed by atoms with Crippen LogP contribution in [0.3, 0.4) is 0 Å². The molecule has 14 heavy (non-hydrogen) atoms. The summed E-state index contributed by atoms with van der Waals surface area (Å²) >= 11 is 3.35. The normalized spacial score (nSPS) is 13.0. The number of hydrogen-bond donors (Lipinski definition) is 3. The van der Waals surface area contributed by atoms with Crippen LogP contribution in [0.25, 0.3) is 0 Å². The van der Waals surface area contributed by atoms with E-state index >= 15 is 0 Å². The Kier molecular flexibility index (Phi) is 2.62. The van der Waals surface area contributed by atoms with E-state index in [-0.39, 0.29) is 6.04 Å². The first kappa shape index (κ1) is 9.38. The van der Waals surface area contributed by atoms with E-state index < -0.39 is 0 Å². The van der Waals surface area contributed by atoms with Crippen molar-refractivity contribution in [3.8, 4) is 0 Å². The molecule has 2 heterocycles. The number of nitrogens with two attached hydrogens (primary N) is 1. The second-order valence-electron chi connectivity index (χ2n) is 2.63. The molecule has 0 aliphatic carbocycles. The molecule has 0 aliphatic rings. The van der Waals surface area contributed by atoms with Crippen molar-refractivity contribution in [3.05, 3.63) is 34.5 Å². The maximum atomic E-state index is 5.41. The Labute approximate surface area is 88.0 Å². The van der Waals surface area contributed by atoms with Gasteiger partial charge in [-0.25, -0.2) is 5.43 Å². The lowest BCUT2D eigenvalue weighted by Gasteiger charge is -2.09. The standard InChI is InChI=1S/C7H8BrN5O/c8-4-1-2-14-7(4)6(11-9)5-3-10-13-12-5/h1-3,6,11H,9H2,(H,10,12,13). The van der Waals surface area contributed by atoms with Crippen LogP contribution in [-0.2, 0) is 0 Å². The van der Waals surface area contributed by atoms with E-state index in [2.05, 4.69) is 36.8 Å². The molecule has 0 aliphatic heterocycles. The zero-order valence-electron chi connectivity index (χ0n) is 7.07. The number of halogens is 1. The predicted octanol–water partition coefficient (Wildman–Crippen LogP) is 0.713. The van der Waals surface area contributed by atoms with Gasteiger partial charge in [-0.1, -0.05) is 0 Å². The van der Waals surface area contributed by atoms with Crippen molar-refractivity contribution in [2.24, 2.45) is 5.84 Å². The molecule has 4 N–H and O–H groups in total. The van der Waals surface area contributed by atoms with Gasteiger partial charge in [0.2, 0.25) is 0 Å². The summed E-state index contributed by atoms with van der Waals surface area (Å²) in [5.41, 5.74) is 3.27. The van der Waals surface area contributed by atoms with E-state index in [1.165, 1.54) is 0 Å². The molecule has 0 spiro atoms. The molecule has 6 nitrogen and oxygen atoms in total. The first-order valence-electron chi connectivity index (χ1n) is 3.87. The van der Waals surface area contributed by atoms with Gasteiger partial charge in [0.1, 0.15) is 17.5 Å². The number of nitrogens with one attached hydrogen (secondary N) is 2. The number of rotatable bonds is 3. The minimum atomic E-state index is -0.307. The minimum Gasteiger partial charge on any atom is -0.466 e. The molecule has 0 fully saturated rings. The summed E-state index contributed by atoms with van der Waals surface area (Å²) in [6.45, 7) is 0. The Morgan fingerprint density at radius 3 is 3.00 bits per heavy atom. The third-order valence-corrected chi connectivity index (χ3v) is 2.46. The number of hydrazine groups is 1. The monoisotopic (exact) mass is 257 g/mol. The van der Waals surface area contributed by atoms with Crippen LogP contribution in [0, 0.1) is 0 Å². The summed E-state index contributed by atoms with van der Waals surface area (Å²) < 4.78 is 6.11. The van der Waals surface area contributed by atoms with Gasteiger partial charge in [0.05, 0.1) is 16.9 Å². The highest BCUT2D eigenvalue weighted by atomic mass is 79.9. The van der Waals surface area contributed by atoms with Gasteiger partial charge in [-0.15, -0.1) is 0 Å². The molecule has 7 heteroatoms. The SMILES string of the molecule is NNC(c1cn[nH]n1)c1occc1Br.